The molecule has 0 fully saturated rings. The minimum absolute atomic E-state index is 0.176. The zero-order chi connectivity index (χ0) is 13.5. The van der Waals surface area contributed by atoms with Crippen molar-refractivity contribution in [1.29, 1.82) is 0 Å². The van der Waals surface area contributed by atoms with Gasteiger partial charge in [0, 0.05) is 31.9 Å². The second-order valence-electron chi connectivity index (χ2n) is 4.82. The highest BCUT2D eigenvalue weighted by Gasteiger charge is 2.15. The van der Waals surface area contributed by atoms with Gasteiger partial charge in [0.2, 0.25) is 0 Å². The number of hydrogen-bond donors (Lipinski definition) is 3. The molecule has 0 aliphatic carbocycles. The number of aliphatic hydroxyl groups excluding tert-OH is 2. The van der Waals surface area contributed by atoms with E-state index < -0.39 is 6.10 Å². The monoisotopic (exact) mass is 256 g/mol. The number of aliphatic hydroxyl groups is 2. The summed E-state index contributed by atoms with van der Waals surface area (Å²) in [7, 11) is 0. The first-order valence-electron chi connectivity index (χ1n) is 6.33. The van der Waals surface area contributed by atoms with Crippen LogP contribution in [0.3, 0.4) is 0 Å². The first kappa shape index (κ1) is 14.9. The van der Waals surface area contributed by atoms with Crippen molar-refractivity contribution in [2.45, 2.75) is 39.0 Å². The van der Waals surface area contributed by atoms with E-state index in [9.17, 15) is 5.11 Å². The van der Waals surface area contributed by atoms with Crippen LogP contribution in [0.25, 0.3) is 0 Å². The van der Waals surface area contributed by atoms with Crippen LogP contribution in [0.4, 0.5) is 5.69 Å². The van der Waals surface area contributed by atoms with Gasteiger partial charge in [-0.15, -0.1) is 0 Å². The molecule has 0 bridgehead atoms. The summed E-state index contributed by atoms with van der Waals surface area (Å²) in [6.45, 7) is 6.12. The molecule has 0 saturated carbocycles. The van der Waals surface area contributed by atoms with Crippen LogP contribution in [-0.2, 0) is 6.54 Å². The van der Waals surface area contributed by atoms with Crippen molar-refractivity contribution in [2.24, 2.45) is 0 Å². The number of hydrogen-bond acceptors (Lipinski definition) is 5. The second kappa shape index (κ2) is 7.35. The van der Waals surface area contributed by atoms with Crippen molar-refractivity contribution in [2.75, 3.05) is 25.4 Å². The largest absolute Gasteiger partial charge is 0.396 e. The van der Waals surface area contributed by atoms with Crippen molar-refractivity contribution < 1.29 is 10.2 Å². The summed E-state index contributed by atoms with van der Waals surface area (Å²) in [6.07, 6.45) is 3.50. The molecule has 0 spiro atoms. The Bertz CT molecular complexity index is 341. The third-order valence-corrected chi connectivity index (χ3v) is 2.83. The molecule has 0 saturated heterocycles. The minimum Gasteiger partial charge on any atom is -0.396 e. The van der Waals surface area contributed by atoms with Crippen molar-refractivity contribution in [1.82, 2.24) is 14.7 Å². The van der Waals surface area contributed by atoms with E-state index in [1.165, 1.54) is 0 Å². The molecule has 6 heteroatoms. The standard InChI is InChI=1S/C12H24N4O2/c1-10(2)15(4-3-5-17)8-12(18)9-16-7-11(13)6-14-16/h6-7,10,12,17-18H,3-5,8-9,13H2,1-2H3. The van der Waals surface area contributed by atoms with Gasteiger partial charge in [0.05, 0.1) is 24.5 Å². The van der Waals surface area contributed by atoms with E-state index in [1.807, 2.05) is 0 Å². The Kier molecular flexibility index (Phi) is 6.11. The molecule has 1 heterocycles. The summed E-state index contributed by atoms with van der Waals surface area (Å²) in [4.78, 5) is 2.15. The summed E-state index contributed by atoms with van der Waals surface area (Å²) < 4.78 is 1.64. The predicted molar refractivity (Wildman–Crippen MR) is 71.1 cm³/mol. The number of nitrogens with two attached hydrogens (primary N) is 1. The average Bonchev–Trinajstić information content (AvgIpc) is 2.69. The Labute approximate surface area is 108 Å². The third-order valence-electron chi connectivity index (χ3n) is 2.83. The predicted octanol–water partition coefficient (Wildman–Crippen LogP) is -0.0810. The Morgan fingerprint density at radius 3 is 2.72 bits per heavy atom. The van der Waals surface area contributed by atoms with Gasteiger partial charge in [-0.2, -0.15) is 5.10 Å². The molecule has 1 aromatic rings. The summed E-state index contributed by atoms with van der Waals surface area (Å²) in [5.41, 5.74) is 6.17. The van der Waals surface area contributed by atoms with Crippen molar-refractivity contribution in [3.8, 4) is 0 Å². The summed E-state index contributed by atoms with van der Waals surface area (Å²) in [5.74, 6) is 0. The smallest absolute Gasteiger partial charge is 0.0862 e. The minimum atomic E-state index is -0.495. The van der Waals surface area contributed by atoms with E-state index in [1.54, 1.807) is 17.1 Å². The van der Waals surface area contributed by atoms with Crippen LogP contribution in [0.1, 0.15) is 20.3 Å². The van der Waals surface area contributed by atoms with E-state index in [2.05, 4.69) is 23.8 Å². The highest BCUT2D eigenvalue weighted by molar-refractivity contribution is 5.30. The number of aromatic nitrogens is 2. The molecule has 1 aromatic heterocycles. The zero-order valence-corrected chi connectivity index (χ0v) is 11.2. The average molecular weight is 256 g/mol. The molecule has 1 unspecified atom stereocenters. The van der Waals surface area contributed by atoms with Crippen LogP contribution in [0, 0.1) is 0 Å². The SMILES string of the molecule is CC(C)N(CCCO)CC(O)Cn1cc(N)cn1. The highest BCUT2D eigenvalue weighted by atomic mass is 16.3. The molecule has 4 N–H and O–H groups in total. The van der Waals surface area contributed by atoms with Gasteiger partial charge in [-0.3, -0.25) is 9.58 Å². The number of rotatable bonds is 8. The van der Waals surface area contributed by atoms with E-state index in [0.29, 0.717) is 24.8 Å². The van der Waals surface area contributed by atoms with Gasteiger partial charge in [-0.05, 0) is 20.3 Å². The Morgan fingerprint density at radius 1 is 1.50 bits per heavy atom. The quantitative estimate of drug-likeness (QED) is 0.605. The Hall–Kier alpha value is -1.11. The van der Waals surface area contributed by atoms with Crippen LogP contribution in [0.15, 0.2) is 12.4 Å². The Balaban J connectivity index is 2.42. The fourth-order valence-corrected chi connectivity index (χ4v) is 1.86. The van der Waals surface area contributed by atoms with E-state index in [0.717, 1.165) is 13.0 Å². The van der Waals surface area contributed by atoms with E-state index >= 15 is 0 Å². The lowest BCUT2D eigenvalue weighted by atomic mass is 10.2. The van der Waals surface area contributed by atoms with Gasteiger partial charge in [0.15, 0.2) is 0 Å². The van der Waals surface area contributed by atoms with Crippen LogP contribution < -0.4 is 5.73 Å². The second-order valence-corrected chi connectivity index (χ2v) is 4.82. The van der Waals surface area contributed by atoms with Crippen molar-refractivity contribution in [3.05, 3.63) is 12.4 Å². The zero-order valence-electron chi connectivity index (χ0n) is 11.2. The number of anilines is 1. The molecule has 0 amide bonds. The van der Waals surface area contributed by atoms with Gasteiger partial charge in [0.25, 0.3) is 0 Å². The first-order chi connectivity index (χ1) is 8.52. The van der Waals surface area contributed by atoms with Gasteiger partial charge in [0.1, 0.15) is 0 Å². The van der Waals surface area contributed by atoms with Gasteiger partial charge >= 0.3 is 0 Å². The van der Waals surface area contributed by atoms with Crippen molar-refractivity contribution in [3.63, 3.8) is 0 Å². The third kappa shape index (κ3) is 5.03. The van der Waals surface area contributed by atoms with Crippen molar-refractivity contribution >= 4 is 5.69 Å². The normalized spacial score (nSPS) is 13.4. The summed E-state index contributed by atoms with van der Waals surface area (Å²) in [5, 5.41) is 22.9. The van der Waals surface area contributed by atoms with E-state index in [-0.39, 0.29) is 6.61 Å². The molecule has 104 valence electrons. The lowest BCUT2D eigenvalue weighted by molar-refractivity contribution is 0.0763. The molecule has 0 aliphatic heterocycles. The molecule has 0 radical (unpaired) electrons. The highest BCUT2D eigenvalue weighted by Crippen LogP contribution is 2.04. The summed E-state index contributed by atoms with van der Waals surface area (Å²) >= 11 is 0. The topological polar surface area (TPSA) is 87.5 Å². The molecule has 1 atom stereocenters. The van der Waals surface area contributed by atoms with Crippen LogP contribution in [0.2, 0.25) is 0 Å². The first-order valence-corrected chi connectivity index (χ1v) is 6.33. The maximum atomic E-state index is 10.0. The maximum absolute atomic E-state index is 10.0. The molecule has 18 heavy (non-hydrogen) atoms. The lowest BCUT2D eigenvalue weighted by Gasteiger charge is -2.28. The van der Waals surface area contributed by atoms with Gasteiger partial charge in [-0.1, -0.05) is 0 Å². The fraction of sp³-hybridized carbons (Fsp3) is 0.750. The summed E-state index contributed by atoms with van der Waals surface area (Å²) in [6, 6.07) is 0.342. The number of nitrogen functional groups attached to an aromatic ring is 1. The van der Waals surface area contributed by atoms with Crippen LogP contribution in [-0.4, -0.2) is 56.7 Å². The molecule has 0 aromatic carbocycles. The maximum Gasteiger partial charge on any atom is 0.0862 e. The lowest BCUT2D eigenvalue weighted by Crippen LogP contribution is -2.40. The molecular weight excluding hydrogens is 232 g/mol. The fourth-order valence-electron chi connectivity index (χ4n) is 1.86. The number of nitrogens with zero attached hydrogens (tertiary/aromatic N) is 3. The molecule has 1 rings (SSSR count). The Morgan fingerprint density at radius 2 is 2.22 bits per heavy atom. The van der Waals surface area contributed by atoms with E-state index in [4.69, 9.17) is 10.8 Å². The van der Waals surface area contributed by atoms with Gasteiger partial charge in [-0.25, -0.2) is 0 Å². The van der Waals surface area contributed by atoms with Gasteiger partial charge < -0.3 is 15.9 Å². The van der Waals surface area contributed by atoms with Crippen LogP contribution in [0.5, 0.6) is 0 Å². The molecule has 0 aliphatic rings. The molecule has 6 nitrogen and oxygen atoms in total. The van der Waals surface area contributed by atoms with Crippen LogP contribution >= 0.6 is 0 Å². The molecular formula is C12H24N4O2.